The normalized spacial score (nSPS) is 19.5. The number of carbonyl (C=O) groups excluding carboxylic acids is 1. The Labute approximate surface area is 183 Å². The molecule has 11 heteroatoms. The zero-order valence-corrected chi connectivity index (χ0v) is 16.8. The molecule has 1 aliphatic carbocycles. The van der Waals surface area contributed by atoms with E-state index in [2.05, 4.69) is 20.3 Å². The number of rotatable bonds is 1. The van der Waals surface area contributed by atoms with Crippen molar-refractivity contribution in [1.29, 1.82) is 0 Å². The van der Waals surface area contributed by atoms with Crippen LogP contribution in [0.1, 0.15) is 30.1 Å². The van der Waals surface area contributed by atoms with Gasteiger partial charge in [0, 0.05) is 29.7 Å². The van der Waals surface area contributed by atoms with Crippen LogP contribution < -0.4 is 5.32 Å². The van der Waals surface area contributed by atoms with E-state index in [0.717, 1.165) is 6.07 Å². The predicted molar refractivity (Wildman–Crippen MR) is 110 cm³/mol. The van der Waals surface area contributed by atoms with Gasteiger partial charge in [-0.05, 0) is 24.6 Å². The highest BCUT2D eigenvalue weighted by molar-refractivity contribution is 6.06. The first kappa shape index (κ1) is 19.6. The SMILES string of the molecule is O=C1Nc2cnc(-n3cnc4ccc(F)cc43)nc2[N+]1=C1CCC(O)c2c(F)cc(F)cc21. The second-order valence-corrected chi connectivity index (χ2v) is 7.77. The summed E-state index contributed by atoms with van der Waals surface area (Å²) in [5.74, 6) is -1.87. The lowest BCUT2D eigenvalue weighted by Gasteiger charge is -2.23. The van der Waals surface area contributed by atoms with Gasteiger partial charge in [-0.15, -0.1) is 0 Å². The van der Waals surface area contributed by atoms with Gasteiger partial charge in [-0.1, -0.05) is 4.98 Å². The Bertz CT molecular complexity index is 1530. The molecule has 6 rings (SSSR count). The van der Waals surface area contributed by atoms with Crippen molar-refractivity contribution in [3.05, 3.63) is 71.4 Å². The number of halogens is 3. The number of imidazole rings is 1. The van der Waals surface area contributed by atoms with Crippen LogP contribution in [0.15, 0.2) is 42.9 Å². The van der Waals surface area contributed by atoms with Gasteiger partial charge >= 0.3 is 17.8 Å². The van der Waals surface area contributed by atoms with E-state index in [1.807, 2.05) is 0 Å². The van der Waals surface area contributed by atoms with Gasteiger partial charge in [0.2, 0.25) is 0 Å². The van der Waals surface area contributed by atoms with E-state index in [1.54, 1.807) is 0 Å². The molecule has 2 aromatic carbocycles. The first-order chi connectivity index (χ1) is 15.9. The van der Waals surface area contributed by atoms with E-state index < -0.39 is 29.6 Å². The number of amides is 2. The molecule has 1 unspecified atom stereocenters. The number of urea groups is 1. The van der Waals surface area contributed by atoms with Gasteiger partial charge in [0.25, 0.3) is 0 Å². The molecule has 0 spiro atoms. The quantitative estimate of drug-likeness (QED) is 0.430. The molecule has 164 valence electrons. The molecule has 1 aliphatic heterocycles. The molecule has 0 saturated carbocycles. The summed E-state index contributed by atoms with van der Waals surface area (Å²) in [5, 5.41) is 12.9. The topological polar surface area (TPSA) is 95.9 Å². The summed E-state index contributed by atoms with van der Waals surface area (Å²) in [5.41, 5.74) is 1.60. The van der Waals surface area contributed by atoms with Crippen LogP contribution in [0.4, 0.5) is 29.5 Å². The molecule has 8 nitrogen and oxygen atoms in total. The van der Waals surface area contributed by atoms with E-state index in [-0.39, 0.29) is 35.7 Å². The summed E-state index contributed by atoms with van der Waals surface area (Å²) < 4.78 is 45.0. The minimum atomic E-state index is -1.12. The molecule has 0 saturated heterocycles. The van der Waals surface area contributed by atoms with Crippen LogP contribution in [0.5, 0.6) is 0 Å². The molecule has 4 aromatic rings. The molecule has 0 bridgehead atoms. The molecule has 0 radical (unpaired) electrons. The third-order valence-corrected chi connectivity index (χ3v) is 5.80. The number of benzene rings is 2. The molecule has 0 fully saturated rings. The first-order valence-corrected chi connectivity index (χ1v) is 10.0. The van der Waals surface area contributed by atoms with Crippen molar-refractivity contribution in [1.82, 2.24) is 19.5 Å². The molecule has 1 atom stereocenters. The molecule has 2 aliphatic rings. The smallest absolute Gasteiger partial charge is 0.388 e. The number of nitrogens with zero attached hydrogens (tertiary/aromatic N) is 5. The Hall–Kier alpha value is -4.12. The van der Waals surface area contributed by atoms with Crippen LogP contribution in [0.25, 0.3) is 17.0 Å². The monoisotopic (exact) mass is 451 g/mol. The maximum absolute atomic E-state index is 14.5. The van der Waals surface area contributed by atoms with E-state index in [9.17, 15) is 23.1 Å². The van der Waals surface area contributed by atoms with Crippen molar-refractivity contribution in [3.63, 3.8) is 0 Å². The lowest BCUT2D eigenvalue weighted by atomic mass is 9.87. The number of hydrogen-bond acceptors (Lipinski definition) is 5. The number of aromatic nitrogens is 4. The van der Waals surface area contributed by atoms with E-state index in [1.165, 1.54) is 39.9 Å². The first-order valence-electron chi connectivity index (χ1n) is 10.0. The fraction of sp³-hybridized carbons (Fsp3) is 0.136. The number of nitrogens with one attached hydrogen (secondary N) is 1. The van der Waals surface area contributed by atoms with Crippen molar-refractivity contribution in [2.75, 3.05) is 5.32 Å². The van der Waals surface area contributed by atoms with Crippen LogP contribution in [0.3, 0.4) is 0 Å². The average molecular weight is 451 g/mol. The maximum Gasteiger partial charge on any atom is 0.446 e. The molecule has 2 amide bonds. The highest BCUT2D eigenvalue weighted by Crippen LogP contribution is 2.36. The molecule has 2 N–H and O–H groups in total. The van der Waals surface area contributed by atoms with Crippen LogP contribution in [-0.4, -0.2) is 40.9 Å². The van der Waals surface area contributed by atoms with Crippen molar-refractivity contribution in [2.24, 2.45) is 0 Å². The fourth-order valence-electron chi connectivity index (χ4n) is 4.34. The van der Waals surface area contributed by atoms with Gasteiger partial charge in [0.1, 0.15) is 23.8 Å². The molecular weight excluding hydrogens is 437 g/mol. The van der Waals surface area contributed by atoms with Gasteiger partial charge in [0.15, 0.2) is 5.69 Å². The van der Waals surface area contributed by atoms with E-state index >= 15 is 0 Å². The second kappa shape index (κ2) is 6.94. The standard InChI is InChI=1S/C22H13F3N6O2/c23-10-1-2-14-17(7-10)30(9-27-14)21-26-8-15-20(29-21)31(22(33)28-15)16-3-4-18(32)19-12(16)5-11(24)6-13(19)25/h1-2,5-9,18,32H,3-4H2/p+1. The number of aliphatic hydroxyl groups excluding tert-OH is 1. The van der Waals surface area contributed by atoms with Gasteiger partial charge < -0.3 is 5.11 Å². The van der Waals surface area contributed by atoms with Gasteiger partial charge in [-0.2, -0.15) is 4.58 Å². The molecular formula is C22H14F3N6O2+. The number of carbonyl (C=O) groups is 1. The molecule has 2 aromatic heterocycles. The molecule has 3 heterocycles. The summed E-state index contributed by atoms with van der Waals surface area (Å²) >= 11 is 0. The van der Waals surface area contributed by atoms with Crippen molar-refractivity contribution < 1.29 is 27.6 Å². The van der Waals surface area contributed by atoms with Gasteiger partial charge in [-0.25, -0.2) is 33.3 Å². The Morgan fingerprint density at radius 3 is 2.82 bits per heavy atom. The lowest BCUT2D eigenvalue weighted by Crippen LogP contribution is -2.29. The van der Waals surface area contributed by atoms with E-state index in [0.29, 0.717) is 28.5 Å². The van der Waals surface area contributed by atoms with Crippen LogP contribution in [-0.2, 0) is 0 Å². The van der Waals surface area contributed by atoms with Gasteiger partial charge in [-0.3, -0.25) is 4.57 Å². The van der Waals surface area contributed by atoms with Crippen molar-refractivity contribution >= 4 is 34.3 Å². The highest BCUT2D eigenvalue weighted by atomic mass is 19.1. The van der Waals surface area contributed by atoms with E-state index in [4.69, 9.17) is 0 Å². The highest BCUT2D eigenvalue weighted by Gasteiger charge is 2.40. The zero-order valence-electron chi connectivity index (χ0n) is 16.8. The summed E-state index contributed by atoms with van der Waals surface area (Å²) in [4.78, 5) is 25.8. The Kier molecular flexibility index (Phi) is 4.11. The predicted octanol–water partition coefficient (Wildman–Crippen LogP) is 3.74. The van der Waals surface area contributed by atoms with Crippen molar-refractivity contribution in [2.45, 2.75) is 18.9 Å². The fourth-order valence-corrected chi connectivity index (χ4v) is 4.34. The minimum absolute atomic E-state index is 0.0655. The number of aliphatic hydroxyl groups is 1. The summed E-state index contributed by atoms with van der Waals surface area (Å²) in [6, 6.07) is 5.33. The summed E-state index contributed by atoms with van der Waals surface area (Å²) in [7, 11) is 0. The van der Waals surface area contributed by atoms with Crippen LogP contribution in [0, 0.1) is 17.5 Å². The third kappa shape index (κ3) is 2.93. The summed E-state index contributed by atoms with van der Waals surface area (Å²) in [6.45, 7) is 0. The zero-order chi connectivity index (χ0) is 22.9. The number of hydrogen-bond donors (Lipinski definition) is 2. The summed E-state index contributed by atoms with van der Waals surface area (Å²) in [6.07, 6.45) is 2.04. The minimum Gasteiger partial charge on any atom is -0.388 e. The van der Waals surface area contributed by atoms with Crippen LogP contribution >= 0.6 is 0 Å². The average Bonchev–Trinajstić information content (AvgIpc) is 3.33. The second-order valence-electron chi connectivity index (χ2n) is 7.77. The molecule has 33 heavy (non-hydrogen) atoms. The van der Waals surface area contributed by atoms with Gasteiger partial charge in [0.05, 0.1) is 29.0 Å². The number of fused-ring (bicyclic) bond motifs is 3. The Morgan fingerprint density at radius 2 is 1.97 bits per heavy atom. The Balaban J connectivity index is 1.57. The lowest BCUT2D eigenvalue weighted by molar-refractivity contribution is -0.326. The van der Waals surface area contributed by atoms with Crippen molar-refractivity contribution in [3.8, 4) is 5.95 Å². The maximum atomic E-state index is 14.5. The van der Waals surface area contributed by atoms with Crippen LogP contribution in [0.2, 0.25) is 0 Å². The largest absolute Gasteiger partial charge is 0.446 e. The Morgan fingerprint density at radius 1 is 1.12 bits per heavy atom. The third-order valence-electron chi connectivity index (χ3n) is 5.80. The number of anilines is 1.